The van der Waals surface area contributed by atoms with Crippen LogP contribution in [0.4, 0.5) is 25.8 Å². The lowest BCUT2D eigenvalue weighted by Gasteiger charge is -2.29. The van der Waals surface area contributed by atoms with Crippen LogP contribution in [-0.4, -0.2) is 31.4 Å². The average Bonchev–Trinajstić information content (AvgIpc) is 2.70. The number of anilines is 3. The van der Waals surface area contributed by atoms with Crippen molar-refractivity contribution >= 4 is 28.9 Å². The quantitative estimate of drug-likeness (QED) is 0.845. The zero-order valence-electron chi connectivity index (χ0n) is 15.8. The number of hydrogen-bond donors (Lipinski definition) is 1. The van der Waals surface area contributed by atoms with Crippen LogP contribution in [0.2, 0.25) is 0 Å². The van der Waals surface area contributed by atoms with Crippen molar-refractivity contribution in [2.75, 3.05) is 34.8 Å². The average molecular weight is 387 g/mol. The van der Waals surface area contributed by atoms with Crippen molar-refractivity contribution in [2.45, 2.75) is 26.2 Å². The summed E-state index contributed by atoms with van der Waals surface area (Å²) in [5.41, 5.74) is 1.83. The molecule has 2 aromatic rings. The molecule has 0 radical (unpaired) electrons. The van der Waals surface area contributed by atoms with Crippen molar-refractivity contribution in [2.24, 2.45) is 0 Å². The first kappa shape index (κ1) is 19.8. The second-order valence-corrected chi connectivity index (χ2v) is 6.85. The summed E-state index contributed by atoms with van der Waals surface area (Å²) < 4.78 is 26.3. The van der Waals surface area contributed by atoms with Gasteiger partial charge < -0.3 is 15.1 Å². The molecule has 0 bridgehead atoms. The molecule has 1 aliphatic heterocycles. The highest BCUT2D eigenvalue weighted by Gasteiger charge is 2.17. The number of hydrogen-bond acceptors (Lipinski definition) is 3. The van der Waals surface area contributed by atoms with Crippen molar-refractivity contribution in [1.82, 2.24) is 0 Å². The topological polar surface area (TPSA) is 52.7 Å². The lowest BCUT2D eigenvalue weighted by atomic mass is 10.1. The van der Waals surface area contributed by atoms with Gasteiger partial charge in [-0.3, -0.25) is 9.59 Å². The minimum absolute atomic E-state index is 0.132. The van der Waals surface area contributed by atoms with Gasteiger partial charge in [0.05, 0.1) is 0 Å². The summed E-state index contributed by atoms with van der Waals surface area (Å²) in [4.78, 5) is 28.0. The van der Waals surface area contributed by atoms with Gasteiger partial charge in [0.15, 0.2) is 11.6 Å². The number of halogens is 2. The van der Waals surface area contributed by atoms with Crippen LogP contribution in [0.1, 0.15) is 26.2 Å². The predicted octanol–water partition coefficient (Wildman–Crippen LogP) is 3.95. The van der Waals surface area contributed by atoms with E-state index in [0.29, 0.717) is 5.69 Å². The largest absolute Gasteiger partial charge is 0.372 e. The molecule has 1 fully saturated rings. The molecule has 0 unspecified atom stereocenters. The van der Waals surface area contributed by atoms with Gasteiger partial charge >= 0.3 is 0 Å². The Kier molecular flexibility index (Phi) is 6.23. The zero-order valence-corrected chi connectivity index (χ0v) is 15.8. The minimum atomic E-state index is -1.05. The standard InChI is InChI=1S/C21H23F2N3O2/c1-15(27)26(14-21(28)24-16-5-10-19(22)20(23)13-16)18-8-6-17(7-9-18)25-11-3-2-4-12-25/h5-10,13H,2-4,11-12,14H2,1H3,(H,24,28). The minimum Gasteiger partial charge on any atom is -0.372 e. The van der Waals surface area contributed by atoms with Crippen LogP contribution in [0, 0.1) is 11.6 Å². The molecule has 0 spiro atoms. The maximum Gasteiger partial charge on any atom is 0.244 e. The number of benzene rings is 2. The molecule has 0 atom stereocenters. The number of piperidine rings is 1. The highest BCUT2D eigenvalue weighted by Crippen LogP contribution is 2.24. The van der Waals surface area contributed by atoms with E-state index in [1.165, 1.54) is 37.2 Å². The SMILES string of the molecule is CC(=O)N(CC(=O)Nc1ccc(F)c(F)c1)c1ccc(N2CCCCC2)cc1. The molecule has 28 heavy (non-hydrogen) atoms. The monoisotopic (exact) mass is 387 g/mol. The molecule has 1 N–H and O–H groups in total. The fourth-order valence-electron chi connectivity index (χ4n) is 3.30. The fourth-order valence-corrected chi connectivity index (χ4v) is 3.30. The molecule has 1 saturated heterocycles. The highest BCUT2D eigenvalue weighted by molar-refractivity contribution is 6.01. The zero-order chi connectivity index (χ0) is 20.1. The molecule has 3 rings (SSSR count). The van der Waals surface area contributed by atoms with Gasteiger partial charge in [0.1, 0.15) is 6.54 Å². The summed E-state index contributed by atoms with van der Waals surface area (Å²) >= 11 is 0. The molecule has 0 aliphatic carbocycles. The van der Waals surface area contributed by atoms with Crippen LogP contribution in [0.15, 0.2) is 42.5 Å². The van der Waals surface area contributed by atoms with E-state index in [1.807, 2.05) is 24.3 Å². The number of rotatable bonds is 5. The molecule has 148 valence electrons. The second-order valence-electron chi connectivity index (χ2n) is 6.85. The van der Waals surface area contributed by atoms with Gasteiger partial charge in [-0.25, -0.2) is 8.78 Å². The van der Waals surface area contributed by atoms with Gasteiger partial charge in [-0.2, -0.15) is 0 Å². The number of nitrogens with zero attached hydrogens (tertiary/aromatic N) is 2. The normalized spacial score (nSPS) is 13.9. The lowest BCUT2D eigenvalue weighted by molar-refractivity contribution is -0.120. The van der Waals surface area contributed by atoms with Crippen LogP contribution >= 0.6 is 0 Å². The Morgan fingerprint density at radius 1 is 1.00 bits per heavy atom. The Morgan fingerprint density at radius 2 is 1.68 bits per heavy atom. The first-order valence-corrected chi connectivity index (χ1v) is 9.32. The van der Waals surface area contributed by atoms with Gasteiger partial charge in [0, 0.05) is 43.1 Å². The van der Waals surface area contributed by atoms with Crippen molar-refractivity contribution in [3.05, 3.63) is 54.1 Å². The van der Waals surface area contributed by atoms with E-state index in [2.05, 4.69) is 10.2 Å². The number of carbonyl (C=O) groups is 2. The molecule has 1 aliphatic rings. The Labute approximate surface area is 162 Å². The van der Waals surface area contributed by atoms with Crippen LogP contribution in [0.25, 0.3) is 0 Å². The summed E-state index contributed by atoms with van der Waals surface area (Å²) in [6, 6.07) is 10.6. The third kappa shape index (κ3) is 4.85. The predicted molar refractivity (Wildman–Crippen MR) is 106 cm³/mol. The number of carbonyl (C=O) groups excluding carboxylic acids is 2. The van der Waals surface area contributed by atoms with Gasteiger partial charge in [0.2, 0.25) is 11.8 Å². The fraction of sp³-hybridized carbons (Fsp3) is 0.333. The van der Waals surface area contributed by atoms with E-state index in [1.54, 1.807) is 0 Å². The van der Waals surface area contributed by atoms with Crippen molar-refractivity contribution in [3.8, 4) is 0 Å². The van der Waals surface area contributed by atoms with Crippen molar-refractivity contribution in [1.29, 1.82) is 0 Å². The van der Waals surface area contributed by atoms with E-state index >= 15 is 0 Å². The van der Waals surface area contributed by atoms with Crippen LogP contribution in [0.3, 0.4) is 0 Å². The maximum atomic E-state index is 13.3. The van der Waals surface area contributed by atoms with E-state index in [0.717, 1.165) is 30.9 Å². The molecule has 0 aromatic heterocycles. The smallest absolute Gasteiger partial charge is 0.244 e. The first-order chi connectivity index (χ1) is 13.4. The molecule has 2 amide bonds. The second kappa shape index (κ2) is 8.82. The molecular formula is C21H23F2N3O2. The molecule has 0 saturated carbocycles. The Bertz CT molecular complexity index is 849. The van der Waals surface area contributed by atoms with Crippen molar-refractivity contribution < 1.29 is 18.4 Å². The maximum absolute atomic E-state index is 13.3. The Balaban J connectivity index is 1.67. The molecule has 7 heteroatoms. The summed E-state index contributed by atoms with van der Waals surface area (Å²) in [6.45, 7) is 3.19. The van der Waals surface area contributed by atoms with E-state index < -0.39 is 17.5 Å². The summed E-state index contributed by atoms with van der Waals surface area (Å²) in [7, 11) is 0. The third-order valence-electron chi connectivity index (χ3n) is 4.77. The Morgan fingerprint density at radius 3 is 2.29 bits per heavy atom. The molecule has 2 aromatic carbocycles. The third-order valence-corrected chi connectivity index (χ3v) is 4.77. The lowest BCUT2D eigenvalue weighted by Crippen LogP contribution is -2.36. The van der Waals surface area contributed by atoms with E-state index in [9.17, 15) is 18.4 Å². The van der Waals surface area contributed by atoms with Gasteiger partial charge in [-0.1, -0.05) is 0 Å². The van der Waals surface area contributed by atoms with Crippen LogP contribution in [0.5, 0.6) is 0 Å². The van der Waals surface area contributed by atoms with Crippen LogP contribution in [-0.2, 0) is 9.59 Å². The van der Waals surface area contributed by atoms with Crippen LogP contribution < -0.4 is 15.1 Å². The van der Waals surface area contributed by atoms with Gasteiger partial charge in [0.25, 0.3) is 0 Å². The van der Waals surface area contributed by atoms with Gasteiger partial charge in [-0.05, 0) is 55.7 Å². The summed E-state index contributed by atoms with van der Waals surface area (Å²) in [5, 5.41) is 2.48. The van der Waals surface area contributed by atoms with Gasteiger partial charge in [-0.15, -0.1) is 0 Å². The molecular weight excluding hydrogens is 364 g/mol. The highest BCUT2D eigenvalue weighted by atomic mass is 19.2. The molecule has 1 heterocycles. The number of nitrogens with one attached hydrogen (secondary N) is 1. The van der Waals surface area contributed by atoms with E-state index in [-0.39, 0.29) is 18.1 Å². The summed E-state index contributed by atoms with van der Waals surface area (Å²) in [5.74, 6) is -2.82. The van der Waals surface area contributed by atoms with E-state index in [4.69, 9.17) is 0 Å². The summed E-state index contributed by atoms with van der Waals surface area (Å²) in [6.07, 6.45) is 3.59. The van der Waals surface area contributed by atoms with Crippen molar-refractivity contribution in [3.63, 3.8) is 0 Å². The Hall–Kier alpha value is -2.96. The molecule has 5 nitrogen and oxygen atoms in total. The first-order valence-electron chi connectivity index (χ1n) is 9.32. The number of amides is 2.